The van der Waals surface area contributed by atoms with Gasteiger partial charge < -0.3 is 15.0 Å². The van der Waals surface area contributed by atoms with Crippen molar-refractivity contribution >= 4 is 32.4 Å². The molecule has 8 nitrogen and oxygen atoms in total. The van der Waals surface area contributed by atoms with Gasteiger partial charge in [0.25, 0.3) is 5.56 Å². The number of sulfone groups is 1. The molecule has 1 atom stereocenters. The molecule has 1 aliphatic rings. The molecule has 11 heteroatoms. The minimum absolute atomic E-state index is 0.0687. The third-order valence-corrected chi connectivity index (χ3v) is 7.02. The van der Waals surface area contributed by atoms with Crippen molar-refractivity contribution in [3.63, 3.8) is 0 Å². The Morgan fingerprint density at radius 2 is 1.85 bits per heavy atom. The van der Waals surface area contributed by atoms with Gasteiger partial charge in [0.2, 0.25) is 5.95 Å². The Hall–Kier alpha value is -3.05. The second-order valence-electron chi connectivity index (χ2n) is 8.50. The molecular weight excluding hydrogens is 466 g/mol. The largest absolute Gasteiger partial charge is 0.378 e. The minimum atomic E-state index is -4.06. The predicted octanol–water partition coefficient (Wildman–Crippen LogP) is 2.93. The summed E-state index contributed by atoms with van der Waals surface area (Å²) in [5.41, 5.74) is 1.61. The molecule has 4 rings (SSSR count). The van der Waals surface area contributed by atoms with Crippen LogP contribution >= 0.6 is 0 Å². The Balaban J connectivity index is 1.86. The Morgan fingerprint density at radius 3 is 2.50 bits per heavy atom. The molecule has 0 amide bonds. The van der Waals surface area contributed by atoms with Crippen molar-refractivity contribution in [3.05, 3.63) is 57.4 Å². The lowest BCUT2D eigenvalue weighted by Crippen LogP contribution is -2.40. The lowest BCUT2D eigenvalue weighted by atomic mass is 10.0. The van der Waals surface area contributed by atoms with Crippen LogP contribution in [0.3, 0.4) is 0 Å². The van der Waals surface area contributed by atoms with Crippen LogP contribution in [0.25, 0.3) is 10.9 Å². The molecular formula is C23H26F2N4O4S. The molecule has 0 unspecified atom stereocenters. The zero-order valence-corrected chi connectivity index (χ0v) is 20.2. The zero-order chi connectivity index (χ0) is 24.8. The van der Waals surface area contributed by atoms with Crippen LogP contribution < -0.4 is 15.8 Å². The summed E-state index contributed by atoms with van der Waals surface area (Å²) < 4.78 is 59.5. The van der Waals surface area contributed by atoms with E-state index < -0.39 is 32.4 Å². The van der Waals surface area contributed by atoms with Crippen molar-refractivity contribution in [3.8, 4) is 0 Å². The Morgan fingerprint density at radius 1 is 1.18 bits per heavy atom. The summed E-state index contributed by atoms with van der Waals surface area (Å²) in [5, 5.41) is 3.40. The predicted molar refractivity (Wildman–Crippen MR) is 126 cm³/mol. The SMILES string of the molecule is Cc1cc([C@@H](C)Nc2ccc(F)c(F)c2S(C)(=O)=O)c2nc(N3CCOCC3)n(C)c(=O)c2c1. The van der Waals surface area contributed by atoms with Crippen molar-refractivity contribution in [2.75, 3.05) is 42.8 Å². The van der Waals surface area contributed by atoms with Crippen molar-refractivity contribution < 1.29 is 21.9 Å². The van der Waals surface area contributed by atoms with E-state index in [0.717, 1.165) is 17.9 Å². The summed E-state index contributed by atoms with van der Waals surface area (Å²) in [4.78, 5) is 19.3. The monoisotopic (exact) mass is 492 g/mol. The summed E-state index contributed by atoms with van der Waals surface area (Å²) >= 11 is 0. The third-order valence-electron chi connectivity index (χ3n) is 5.88. The van der Waals surface area contributed by atoms with Crippen LogP contribution in [0.15, 0.2) is 34.0 Å². The highest BCUT2D eigenvalue weighted by Crippen LogP contribution is 2.32. The molecule has 0 saturated carbocycles. The summed E-state index contributed by atoms with van der Waals surface area (Å²) in [7, 11) is -2.39. The number of nitrogens with zero attached hydrogens (tertiary/aromatic N) is 3. The van der Waals surface area contributed by atoms with E-state index in [1.54, 1.807) is 20.0 Å². The van der Waals surface area contributed by atoms with Crippen LogP contribution in [0.5, 0.6) is 0 Å². The lowest BCUT2D eigenvalue weighted by molar-refractivity contribution is 0.121. The number of rotatable bonds is 5. The first kappa shape index (κ1) is 24.1. The average Bonchev–Trinajstić information content (AvgIpc) is 2.78. The van der Waals surface area contributed by atoms with Gasteiger partial charge in [-0.15, -0.1) is 0 Å². The van der Waals surface area contributed by atoms with Gasteiger partial charge in [-0.05, 0) is 37.6 Å². The summed E-state index contributed by atoms with van der Waals surface area (Å²) in [6.45, 7) is 5.81. The Labute approximate surface area is 196 Å². The van der Waals surface area contributed by atoms with E-state index in [1.165, 1.54) is 10.6 Å². The number of fused-ring (bicyclic) bond motifs is 1. The van der Waals surface area contributed by atoms with Gasteiger partial charge >= 0.3 is 0 Å². The average molecular weight is 493 g/mol. The van der Waals surface area contributed by atoms with Crippen LogP contribution in [0.1, 0.15) is 24.1 Å². The number of aryl methyl sites for hydroxylation is 1. The van der Waals surface area contributed by atoms with Gasteiger partial charge in [-0.1, -0.05) is 6.07 Å². The second kappa shape index (κ2) is 8.95. The standard InChI is InChI=1S/C23H26F2N4O4S/c1-13-11-15(14(2)26-18-6-5-17(24)19(25)21(18)34(4,31)32)20-16(12-13)22(30)28(3)23(27-20)29-7-9-33-10-8-29/h5-6,11-12,14,26H,7-10H2,1-4H3/t14-/m1/s1. The number of hydrogen-bond donors (Lipinski definition) is 1. The quantitative estimate of drug-likeness (QED) is 0.585. The maximum absolute atomic E-state index is 14.4. The molecule has 1 fully saturated rings. The molecule has 1 aromatic heterocycles. The fraction of sp³-hybridized carbons (Fsp3) is 0.391. The highest BCUT2D eigenvalue weighted by atomic mass is 32.2. The summed E-state index contributed by atoms with van der Waals surface area (Å²) in [6, 6.07) is 5.08. The zero-order valence-electron chi connectivity index (χ0n) is 19.4. The maximum Gasteiger partial charge on any atom is 0.262 e. The van der Waals surface area contributed by atoms with E-state index in [-0.39, 0.29) is 11.2 Å². The van der Waals surface area contributed by atoms with Gasteiger partial charge in [-0.3, -0.25) is 9.36 Å². The van der Waals surface area contributed by atoms with Gasteiger partial charge in [0.15, 0.2) is 21.5 Å². The molecule has 0 aliphatic carbocycles. The van der Waals surface area contributed by atoms with Gasteiger partial charge in [-0.25, -0.2) is 22.2 Å². The minimum Gasteiger partial charge on any atom is -0.378 e. The number of morpholine rings is 1. The van der Waals surface area contributed by atoms with Crippen molar-refractivity contribution in [2.45, 2.75) is 24.8 Å². The Bertz CT molecular complexity index is 1430. The normalized spacial score (nSPS) is 15.5. The molecule has 1 aliphatic heterocycles. The third kappa shape index (κ3) is 4.37. The van der Waals surface area contributed by atoms with Gasteiger partial charge in [0.1, 0.15) is 4.90 Å². The number of benzene rings is 2. The first-order valence-electron chi connectivity index (χ1n) is 10.8. The molecule has 34 heavy (non-hydrogen) atoms. The van der Waals surface area contributed by atoms with Gasteiger partial charge in [0.05, 0.1) is 35.8 Å². The fourth-order valence-electron chi connectivity index (χ4n) is 4.24. The van der Waals surface area contributed by atoms with E-state index in [4.69, 9.17) is 9.72 Å². The van der Waals surface area contributed by atoms with Crippen molar-refractivity contribution in [1.29, 1.82) is 0 Å². The molecule has 2 aromatic carbocycles. The smallest absolute Gasteiger partial charge is 0.262 e. The lowest BCUT2D eigenvalue weighted by Gasteiger charge is -2.29. The molecule has 0 spiro atoms. The van der Waals surface area contributed by atoms with Crippen LogP contribution in [0, 0.1) is 18.6 Å². The number of anilines is 2. The number of hydrogen-bond acceptors (Lipinski definition) is 7. The molecule has 1 saturated heterocycles. The number of nitrogens with one attached hydrogen (secondary N) is 1. The number of halogens is 2. The first-order valence-corrected chi connectivity index (χ1v) is 12.7. The molecule has 1 N–H and O–H groups in total. The van der Waals surface area contributed by atoms with E-state index in [2.05, 4.69) is 5.32 Å². The van der Waals surface area contributed by atoms with E-state index >= 15 is 0 Å². The molecule has 182 valence electrons. The Kier molecular flexibility index (Phi) is 6.34. The number of ether oxygens (including phenoxy) is 1. The van der Waals surface area contributed by atoms with Crippen LogP contribution in [-0.2, 0) is 21.6 Å². The number of aromatic nitrogens is 2. The maximum atomic E-state index is 14.4. The molecule has 0 radical (unpaired) electrons. The van der Waals surface area contributed by atoms with E-state index in [9.17, 15) is 22.0 Å². The fourth-order valence-corrected chi connectivity index (χ4v) is 5.19. The topological polar surface area (TPSA) is 93.5 Å². The highest BCUT2D eigenvalue weighted by Gasteiger charge is 2.25. The summed E-state index contributed by atoms with van der Waals surface area (Å²) in [6.07, 6.45) is 0.822. The van der Waals surface area contributed by atoms with E-state index in [1.807, 2.05) is 17.9 Å². The van der Waals surface area contributed by atoms with Crippen LogP contribution in [0.2, 0.25) is 0 Å². The molecule has 3 aromatic rings. The van der Waals surface area contributed by atoms with E-state index in [0.29, 0.717) is 48.7 Å². The second-order valence-corrected chi connectivity index (χ2v) is 10.5. The van der Waals surface area contributed by atoms with Crippen molar-refractivity contribution in [1.82, 2.24) is 9.55 Å². The van der Waals surface area contributed by atoms with Gasteiger partial charge in [-0.2, -0.15) is 0 Å². The first-order chi connectivity index (χ1) is 16.0. The van der Waals surface area contributed by atoms with Crippen molar-refractivity contribution in [2.24, 2.45) is 7.05 Å². The highest BCUT2D eigenvalue weighted by molar-refractivity contribution is 7.90. The van der Waals surface area contributed by atoms with Gasteiger partial charge in [0, 0.05) is 32.0 Å². The molecule has 0 bridgehead atoms. The van der Waals surface area contributed by atoms with Crippen LogP contribution in [-0.4, -0.2) is 50.5 Å². The molecule has 2 heterocycles. The summed E-state index contributed by atoms with van der Waals surface area (Å²) in [5.74, 6) is -2.18. The van der Waals surface area contributed by atoms with Crippen LogP contribution in [0.4, 0.5) is 20.4 Å².